The van der Waals surface area contributed by atoms with Crippen LogP contribution in [0.1, 0.15) is 15.9 Å². The molecule has 0 aliphatic rings. The lowest BCUT2D eigenvalue weighted by Gasteiger charge is -2.12. The van der Waals surface area contributed by atoms with Crippen LogP contribution in [0.3, 0.4) is 0 Å². The SMILES string of the molecule is O=C(NCC(O)Cc1ccccc1)c1ccc2nc[nH]c2c1. The van der Waals surface area contributed by atoms with E-state index < -0.39 is 6.10 Å². The summed E-state index contributed by atoms with van der Waals surface area (Å²) in [4.78, 5) is 19.2. The van der Waals surface area contributed by atoms with Crippen LogP contribution in [0.5, 0.6) is 0 Å². The fourth-order valence-corrected chi connectivity index (χ4v) is 2.35. The van der Waals surface area contributed by atoms with Crippen LogP contribution in [0.4, 0.5) is 0 Å². The first kappa shape index (κ1) is 14.3. The fourth-order valence-electron chi connectivity index (χ4n) is 2.35. The summed E-state index contributed by atoms with van der Waals surface area (Å²) < 4.78 is 0. The number of hydrogen-bond acceptors (Lipinski definition) is 3. The summed E-state index contributed by atoms with van der Waals surface area (Å²) in [5.41, 5.74) is 3.23. The predicted octanol–water partition coefficient (Wildman–Crippen LogP) is 1.90. The molecule has 0 saturated carbocycles. The Labute approximate surface area is 128 Å². The lowest BCUT2D eigenvalue weighted by Crippen LogP contribution is -2.33. The van der Waals surface area contributed by atoms with Crippen LogP contribution < -0.4 is 5.32 Å². The van der Waals surface area contributed by atoms with Crippen molar-refractivity contribution in [3.63, 3.8) is 0 Å². The third kappa shape index (κ3) is 3.32. The smallest absolute Gasteiger partial charge is 0.251 e. The Bertz CT molecular complexity index is 768. The Morgan fingerprint density at radius 1 is 1.23 bits per heavy atom. The van der Waals surface area contributed by atoms with Gasteiger partial charge in [0, 0.05) is 18.5 Å². The first-order valence-corrected chi connectivity index (χ1v) is 7.16. The predicted molar refractivity (Wildman–Crippen MR) is 84.6 cm³/mol. The van der Waals surface area contributed by atoms with Crippen LogP contribution in [-0.4, -0.2) is 33.6 Å². The highest BCUT2D eigenvalue weighted by molar-refractivity contribution is 5.97. The zero-order valence-electron chi connectivity index (χ0n) is 12.0. The van der Waals surface area contributed by atoms with E-state index in [1.165, 1.54) is 0 Å². The second-order valence-corrected chi connectivity index (χ2v) is 5.19. The van der Waals surface area contributed by atoms with Crippen molar-refractivity contribution in [1.29, 1.82) is 0 Å². The van der Waals surface area contributed by atoms with E-state index in [9.17, 15) is 9.90 Å². The van der Waals surface area contributed by atoms with Crippen molar-refractivity contribution >= 4 is 16.9 Å². The van der Waals surface area contributed by atoms with Crippen LogP contribution in [0.25, 0.3) is 11.0 Å². The van der Waals surface area contributed by atoms with Crippen molar-refractivity contribution < 1.29 is 9.90 Å². The number of aromatic nitrogens is 2. The van der Waals surface area contributed by atoms with Crippen molar-refractivity contribution in [3.05, 3.63) is 66.0 Å². The summed E-state index contributed by atoms with van der Waals surface area (Å²) in [7, 11) is 0. The summed E-state index contributed by atoms with van der Waals surface area (Å²) in [5.74, 6) is -0.205. The second-order valence-electron chi connectivity index (χ2n) is 5.19. The van der Waals surface area contributed by atoms with Crippen LogP contribution in [0, 0.1) is 0 Å². The molecular formula is C17H17N3O2. The third-order valence-corrected chi connectivity index (χ3v) is 3.49. The number of hydrogen-bond donors (Lipinski definition) is 3. The maximum absolute atomic E-state index is 12.1. The van der Waals surface area contributed by atoms with Gasteiger partial charge >= 0.3 is 0 Å². The molecule has 0 fully saturated rings. The third-order valence-electron chi connectivity index (χ3n) is 3.49. The Balaban J connectivity index is 1.57. The monoisotopic (exact) mass is 295 g/mol. The first-order valence-electron chi connectivity index (χ1n) is 7.16. The number of aromatic amines is 1. The number of benzene rings is 2. The van der Waals surface area contributed by atoms with Crippen LogP contribution in [0.15, 0.2) is 54.9 Å². The molecule has 5 nitrogen and oxygen atoms in total. The number of nitrogens with zero attached hydrogens (tertiary/aromatic N) is 1. The summed E-state index contributed by atoms with van der Waals surface area (Å²) >= 11 is 0. The van der Waals surface area contributed by atoms with Crippen LogP contribution >= 0.6 is 0 Å². The molecule has 0 aliphatic carbocycles. The van der Waals surface area contributed by atoms with Crippen molar-refractivity contribution in [3.8, 4) is 0 Å². The molecule has 1 atom stereocenters. The maximum Gasteiger partial charge on any atom is 0.251 e. The molecular weight excluding hydrogens is 278 g/mol. The van der Waals surface area contributed by atoms with Gasteiger partial charge in [0.15, 0.2) is 0 Å². The number of fused-ring (bicyclic) bond motifs is 1. The Morgan fingerprint density at radius 2 is 2.05 bits per heavy atom. The molecule has 2 aromatic carbocycles. The van der Waals surface area contributed by atoms with E-state index in [0.717, 1.165) is 16.6 Å². The van der Waals surface area contributed by atoms with Gasteiger partial charge in [-0.3, -0.25) is 4.79 Å². The van der Waals surface area contributed by atoms with E-state index >= 15 is 0 Å². The maximum atomic E-state index is 12.1. The number of amides is 1. The van der Waals surface area contributed by atoms with Gasteiger partial charge in [-0.2, -0.15) is 0 Å². The molecule has 1 amide bonds. The van der Waals surface area contributed by atoms with Gasteiger partial charge in [0.05, 0.1) is 23.5 Å². The topological polar surface area (TPSA) is 78.0 Å². The highest BCUT2D eigenvalue weighted by Gasteiger charge is 2.10. The first-order chi connectivity index (χ1) is 10.7. The molecule has 22 heavy (non-hydrogen) atoms. The number of imidazole rings is 1. The van der Waals surface area contributed by atoms with Gasteiger partial charge < -0.3 is 15.4 Å². The molecule has 3 aromatic rings. The standard InChI is InChI=1S/C17H17N3O2/c21-14(8-12-4-2-1-3-5-12)10-18-17(22)13-6-7-15-16(9-13)20-11-19-15/h1-7,9,11,14,21H,8,10H2,(H,18,22)(H,19,20). The average Bonchev–Trinajstić information content (AvgIpc) is 3.01. The zero-order valence-corrected chi connectivity index (χ0v) is 12.0. The fraction of sp³-hybridized carbons (Fsp3) is 0.176. The van der Waals surface area contributed by atoms with Gasteiger partial charge in [-0.05, 0) is 23.8 Å². The quantitative estimate of drug-likeness (QED) is 0.672. The molecule has 3 rings (SSSR count). The van der Waals surface area contributed by atoms with E-state index in [1.807, 2.05) is 30.3 Å². The summed E-state index contributed by atoms with van der Waals surface area (Å²) in [6, 6.07) is 15.0. The molecule has 0 bridgehead atoms. The number of nitrogens with one attached hydrogen (secondary N) is 2. The van der Waals surface area contributed by atoms with Crippen LogP contribution in [0.2, 0.25) is 0 Å². The Hall–Kier alpha value is -2.66. The van der Waals surface area contributed by atoms with Crippen molar-refractivity contribution in [1.82, 2.24) is 15.3 Å². The number of aliphatic hydroxyl groups is 1. The molecule has 0 aliphatic heterocycles. The Morgan fingerprint density at radius 3 is 2.86 bits per heavy atom. The van der Waals surface area contributed by atoms with E-state index in [4.69, 9.17) is 0 Å². The molecule has 0 radical (unpaired) electrons. The summed E-state index contributed by atoms with van der Waals surface area (Å²) in [6.07, 6.45) is 1.50. The molecule has 0 saturated heterocycles. The molecule has 0 spiro atoms. The van der Waals surface area contributed by atoms with Crippen LogP contribution in [-0.2, 0) is 6.42 Å². The number of aliphatic hydroxyl groups excluding tert-OH is 1. The summed E-state index contributed by atoms with van der Waals surface area (Å²) in [5, 5.41) is 12.8. The molecule has 1 unspecified atom stereocenters. The average molecular weight is 295 g/mol. The van der Waals surface area contributed by atoms with Crippen molar-refractivity contribution in [2.45, 2.75) is 12.5 Å². The van der Waals surface area contributed by atoms with Gasteiger partial charge in [-0.25, -0.2) is 4.98 Å². The normalized spacial score (nSPS) is 12.2. The number of carbonyl (C=O) groups is 1. The lowest BCUT2D eigenvalue weighted by atomic mass is 10.1. The highest BCUT2D eigenvalue weighted by atomic mass is 16.3. The molecule has 112 valence electrons. The molecule has 1 heterocycles. The van der Waals surface area contributed by atoms with Gasteiger partial charge in [-0.1, -0.05) is 30.3 Å². The van der Waals surface area contributed by atoms with Gasteiger partial charge in [0.1, 0.15) is 0 Å². The Kier molecular flexibility index (Phi) is 4.16. The largest absolute Gasteiger partial charge is 0.391 e. The van der Waals surface area contributed by atoms with Gasteiger partial charge in [0.25, 0.3) is 5.91 Å². The second kappa shape index (κ2) is 6.41. The minimum atomic E-state index is -0.609. The minimum Gasteiger partial charge on any atom is -0.391 e. The number of H-pyrrole nitrogens is 1. The van der Waals surface area contributed by atoms with Crippen molar-refractivity contribution in [2.24, 2.45) is 0 Å². The molecule has 5 heteroatoms. The van der Waals surface area contributed by atoms with E-state index in [2.05, 4.69) is 15.3 Å². The molecule has 1 aromatic heterocycles. The number of rotatable bonds is 5. The van der Waals surface area contributed by atoms with E-state index in [-0.39, 0.29) is 12.5 Å². The van der Waals surface area contributed by atoms with Gasteiger partial charge in [0.2, 0.25) is 0 Å². The van der Waals surface area contributed by atoms with Gasteiger partial charge in [-0.15, -0.1) is 0 Å². The minimum absolute atomic E-state index is 0.205. The van der Waals surface area contributed by atoms with E-state index in [1.54, 1.807) is 24.5 Å². The van der Waals surface area contributed by atoms with Crippen molar-refractivity contribution in [2.75, 3.05) is 6.54 Å². The summed E-state index contributed by atoms with van der Waals surface area (Å²) in [6.45, 7) is 0.217. The highest BCUT2D eigenvalue weighted by Crippen LogP contribution is 2.11. The van der Waals surface area contributed by atoms with E-state index in [0.29, 0.717) is 12.0 Å². The number of carbonyl (C=O) groups excluding carboxylic acids is 1. The molecule has 3 N–H and O–H groups in total. The lowest BCUT2D eigenvalue weighted by molar-refractivity contribution is 0.0916. The zero-order chi connectivity index (χ0) is 15.4.